The SMILES string of the molecule is COc1ccc(Cl)cc1CSc1ccc(C(=O)O)cc1. The van der Waals surface area contributed by atoms with Crippen molar-refractivity contribution in [2.24, 2.45) is 0 Å². The average molecular weight is 309 g/mol. The Kier molecular flexibility index (Phi) is 4.93. The van der Waals surface area contributed by atoms with Gasteiger partial charge in [-0.25, -0.2) is 4.79 Å². The average Bonchev–Trinajstić information content (AvgIpc) is 2.45. The van der Waals surface area contributed by atoms with Gasteiger partial charge in [-0.3, -0.25) is 0 Å². The lowest BCUT2D eigenvalue weighted by atomic mass is 10.2. The minimum Gasteiger partial charge on any atom is -0.496 e. The van der Waals surface area contributed by atoms with Crippen molar-refractivity contribution >= 4 is 29.3 Å². The Balaban J connectivity index is 2.08. The van der Waals surface area contributed by atoms with E-state index in [2.05, 4.69) is 0 Å². The van der Waals surface area contributed by atoms with E-state index in [1.54, 1.807) is 49.2 Å². The zero-order valence-electron chi connectivity index (χ0n) is 10.8. The minimum atomic E-state index is -0.918. The Hall–Kier alpha value is -1.65. The van der Waals surface area contributed by atoms with Crippen LogP contribution in [0.4, 0.5) is 0 Å². The molecule has 0 aliphatic carbocycles. The second-order valence-electron chi connectivity index (χ2n) is 4.07. The maximum Gasteiger partial charge on any atom is 0.335 e. The first-order chi connectivity index (χ1) is 9.60. The van der Waals surface area contributed by atoms with Gasteiger partial charge in [0.2, 0.25) is 0 Å². The van der Waals surface area contributed by atoms with Crippen LogP contribution in [-0.2, 0) is 5.75 Å². The Morgan fingerprint density at radius 1 is 1.25 bits per heavy atom. The molecule has 1 N–H and O–H groups in total. The van der Waals surface area contributed by atoms with Crippen LogP contribution in [0.5, 0.6) is 5.75 Å². The second-order valence-corrected chi connectivity index (χ2v) is 5.56. The second kappa shape index (κ2) is 6.68. The summed E-state index contributed by atoms with van der Waals surface area (Å²) in [6.45, 7) is 0. The zero-order chi connectivity index (χ0) is 14.5. The van der Waals surface area contributed by atoms with Gasteiger partial charge in [0.1, 0.15) is 5.75 Å². The summed E-state index contributed by atoms with van der Waals surface area (Å²) >= 11 is 7.58. The molecule has 0 amide bonds. The predicted octanol–water partition coefficient (Wildman–Crippen LogP) is 4.34. The number of ether oxygens (including phenoxy) is 1. The van der Waals surface area contributed by atoms with E-state index in [0.29, 0.717) is 10.8 Å². The number of methoxy groups -OCH3 is 1. The van der Waals surface area contributed by atoms with Crippen LogP contribution >= 0.6 is 23.4 Å². The van der Waals surface area contributed by atoms with Gasteiger partial charge in [-0.05, 0) is 42.5 Å². The number of carbonyl (C=O) groups is 1. The van der Waals surface area contributed by atoms with Crippen molar-refractivity contribution in [2.75, 3.05) is 7.11 Å². The Labute approximate surface area is 126 Å². The molecule has 5 heteroatoms. The summed E-state index contributed by atoms with van der Waals surface area (Å²) in [4.78, 5) is 11.8. The maximum atomic E-state index is 10.8. The van der Waals surface area contributed by atoms with Crippen LogP contribution < -0.4 is 4.74 Å². The van der Waals surface area contributed by atoms with E-state index in [9.17, 15) is 4.79 Å². The number of thioether (sulfide) groups is 1. The molecule has 3 nitrogen and oxygen atoms in total. The van der Waals surface area contributed by atoms with E-state index in [4.69, 9.17) is 21.4 Å². The van der Waals surface area contributed by atoms with Crippen molar-refractivity contribution in [3.8, 4) is 5.75 Å². The van der Waals surface area contributed by atoms with Gasteiger partial charge in [-0.15, -0.1) is 11.8 Å². The maximum absolute atomic E-state index is 10.8. The fourth-order valence-electron chi connectivity index (χ4n) is 1.71. The van der Waals surface area contributed by atoms with Crippen molar-refractivity contribution in [3.63, 3.8) is 0 Å². The molecule has 0 atom stereocenters. The fourth-order valence-corrected chi connectivity index (χ4v) is 2.79. The molecule has 104 valence electrons. The number of halogens is 1. The number of hydrogen-bond acceptors (Lipinski definition) is 3. The lowest BCUT2D eigenvalue weighted by Gasteiger charge is -2.08. The topological polar surface area (TPSA) is 46.5 Å². The van der Waals surface area contributed by atoms with Crippen LogP contribution in [0.15, 0.2) is 47.4 Å². The van der Waals surface area contributed by atoms with Gasteiger partial charge in [0.25, 0.3) is 0 Å². The van der Waals surface area contributed by atoms with Crippen molar-refractivity contribution in [3.05, 3.63) is 58.6 Å². The van der Waals surface area contributed by atoms with Gasteiger partial charge in [-0.2, -0.15) is 0 Å². The van der Waals surface area contributed by atoms with Gasteiger partial charge in [0.05, 0.1) is 12.7 Å². The molecule has 0 aromatic heterocycles. The zero-order valence-corrected chi connectivity index (χ0v) is 12.4. The molecular weight excluding hydrogens is 296 g/mol. The molecule has 0 saturated heterocycles. The van der Waals surface area contributed by atoms with Crippen molar-refractivity contribution in [2.45, 2.75) is 10.6 Å². The summed E-state index contributed by atoms with van der Waals surface area (Å²) < 4.78 is 5.29. The Morgan fingerprint density at radius 3 is 2.55 bits per heavy atom. The number of carboxylic acids is 1. The van der Waals surface area contributed by atoms with Crippen molar-refractivity contribution < 1.29 is 14.6 Å². The monoisotopic (exact) mass is 308 g/mol. The minimum absolute atomic E-state index is 0.287. The van der Waals surface area contributed by atoms with E-state index < -0.39 is 5.97 Å². The molecule has 2 rings (SSSR count). The molecule has 0 aliphatic heterocycles. The Morgan fingerprint density at radius 2 is 1.95 bits per heavy atom. The number of rotatable bonds is 5. The molecular formula is C15H13ClO3S. The summed E-state index contributed by atoms with van der Waals surface area (Å²) in [6, 6.07) is 12.3. The fraction of sp³-hybridized carbons (Fsp3) is 0.133. The van der Waals surface area contributed by atoms with Crippen LogP contribution in [0.25, 0.3) is 0 Å². The lowest BCUT2D eigenvalue weighted by molar-refractivity contribution is 0.0697. The molecule has 0 fully saturated rings. The third-order valence-corrected chi connectivity index (χ3v) is 4.03. The summed E-state index contributed by atoms with van der Waals surface area (Å²) in [5, 5.41) is 9.51. The highest BCUT2D eigenvalue weighted by molar-refractivity contribution is 7.98. The van der Waals surface area contributed by atoms with Crippen LogP contribution in [0.3, 0.4) is 0 Å². The van der Waals surface area contributed by atoms with E-state index in [1.807, 2.05) is 12.1 Å². The first kappa shape index (κ1) is 14.8. The molecule has 0 radical (unpaired) electrons. The van der Waals surface area contributed by atoms with Crippen LogP contribution in [0, 0.1) is 0 Å². The van der Waals surface area contributed by atoms with Gasteiger partial charge < -0.3 is 9.84 Å². The van der Waals surface area contributed by atoms with E-state index in [1.165, 1.54) is 0 Å². The molecule has 20 heavy (non-hydrogen) atoms. The number of carboxylic acid groups (broad SMARTS) is 1. The molecule has 0 heterocycles. The van der Waals surface area contributed by atoms with Gasteiger partial charge >= 0.3 is 5.97 Å². The van der Waals surface area contributed by atoms with Crippen LogP contribution in [-0.4, -0.2) is 18.2 Å². The highest BCUT2D eigenvalue weighted by Crippen LogP contribution is 2.30. The highest BCUT2D eigenvalue weighted by atomic mass is 35.5. The number of benzene rings is 2. The number of aromatic carboxylic acids is 1. The molecule has 0 bridgehead atoms. The normalized spacial score (nSPS) is 10.3. The third-order valence-electron chi connectivity index (χ3n) is 2.74. The standard InChI is InChI=1S/C15H13ClO3S/c1-19-14-7-4-12(16)8-11(14)9-20-13-5-2-10(3-6-13)15(17)18/h2-8H,9H2,1H3,(H,17,18). The van der Waals surface area contributed by atoms with Crippen LogP contribution in [0.2, 0.25) is 5.02 Å². The molecule has 0 aliphatic rings. The summed E-state index contributed by atoms with van der Waals surface area (Å²) in [7, 11) is 1.62. The number of hydrogen-bond donors (Lipinski definition) is 1. The highest BCUT2D eigenvalue weighted by Gasteiger charge is 2.06. The van der Waals surface area contributed by atoms with Crippen molar-refractivity contribution in [1.82, 2.24) is 0 Å². The van der Waals surface area contributed by atoms with Gasteiger partial charge in [0, 0.05) is 21.2 Å². The van der Waals surface area contributed by atoms with E-state index in [-0.39, 0.29) is 5.56 Å². The molecule has 2 aromatic carbocycles. The lowest BCUT2D eigenvalue weighted by Crippen LogP contribution is -1.95. The quantitative estimate of drug-likeness (QED) is 0.835. The predicted molar refractivity (Wildman–Crippen MR) is 81.0 cm³/mol. The van der Waals surface area contributed by atoms with Gasteiger partial charge in [0.15, 0.2) is 0 Å². The molecule has 2 aromatic rings. The first-order valence-electron chi connectivity index (χ1n) is 5.88. The van der Waals surface area contributed by atoms with Crippen LogP contribution in [0.1, 0.15) is 15.9 Å². The summed E-state index contributed by atoms with van der Waals surface area (Å²) in [5.74, 6) is 0.581. The smallest absolute Gasteiger partial charge is 0.335 e. The van der Waals surface area contributed by atoms with E-state index in [0.717, 1.165) is 16.2 Å². The molecule has 0 spiro atoms. The molecule has 0 unspecified atom stereocenters. The van der Waals surface area contributed by atoms with Crippen molar-refractivity contribution in [1.29, 1.82) is 0 Å². The Bertz CT molecular complexity index is 611. The largest absolute Gasteiger partial charge is 0.496 e. The van der Waals surface area contributed by atoms with E-state index >= 15 is 0 Å². The van der Waals surface area contributed by atoms with Gasteiger partial charge in [-0.1, -0.05) is 11.6 Å². The summed E-state index contributed by atoms with van der Waals surface area (Å²) in [5.41, 5.74) is 1.29. The summed E-state index contributed by atoms with van der Waals surface area (Å²) in [6.07, 6.45) is 0. The third kappa shape index (κ3) is 3.68. The first-order valence-corrected chi connectivity index (χ1v) is 7.25. The molecule has 0 saturated carbocycles.